The molecule has 0 aliphatic carbocycles. The second-order valence-corrected chi connectivity index (χ2v) is 5.45. The molecular weight excluding hydrogens is 250 g/mol. The van der Waals surface area contributed by atoms with Crippen molar-refractivity contribution in [3.63, 3.8) is 0 Å². The van der Waals surface area contributed by atoms with E-state index < -0.39 is 6.09 Å². The number of nitriles is 1. The molecule has 1 fully saturated rings. The quantitative estimate of drug-likeness (QED) is 0.885. The van der Waals surface area contributed by atoms with Crippen molar-refractivity contribution in [1.29, 1.82) is 5.26 Å². The highest BCUT2D eigenvalue weighted by Crippen LogP contribution is 2.29. The van der Waals surface area contributed by atoms with Crippen molar-refractivity contribution in [2.75, 3.05) is 13.1 Å². The zero-order valence-corrected chi connectivity index (χ0v) is 10.6. The Morgan fingerprint density at radius 3 is 2.72 bits per heavy atom. The van der Waals surface area contributed by atoms with E-state index in [2.05, 4.69) is 4.98 Å². The molecule has 6 heteroatoms. The van der Waals surface area contributed by atoms with Gasteiger partial charge >= 0.3 is 6.09 Å². The van der Waals surface area contributed by atoms with Gasteiger partial charge in [-0.1, -0.05) is 0 Å². The second kappa shape index (κ2) is 5.74. The third kappa shape index (κ3) is 3.14. The summed E-state index contributed by atoms with van der Waals surface area (Å²) in [6.07, 6.45) is 2.58. The molecule has 94 valence electrons. The van der Waals surface area contributed by atoms with Crippen LogP contribution in [0.3, 0.4) is 0 Å². The van der Waals surface area contributed by atoms with Crippen LogP contribution in [0, 0.1) is 11.3 Å². The zero-order chi connectivity index (χ0) is 13.0. The summed E-state index contributed by atoms with van der Waals surface area (Å²) < 4.78 is 0. The molecule has 1 saturated heterocycles. The zero-order valence-electron chi connectivity index (χ0n) is 9.74. The first-order chi connectivity index (χ1) is 8.69. The van der Waals surface area contributed by atoms with Crippen LogP contribution < -0.4 is 0 Å². The largest absolute Gasteiger partial charge is 0.465 e. The van der Waals surface area contributed by atoms with E-state index in [1.807, 2.05) is 12.1 Å². The Balaban J connectivity index is 1.87. The van der Waals surface area contributed by atoms with E-state index in [-0.39, 0.29) is 0 Å². The SMILES string of the molecule is N#Cc1ccc(SC2CCN(C(=O)O)CC2)cn1. The molecule has 0 radical (unpaired) electrons. The highest BCUT2D eigenvalue weighted by atomic mass is 32.2. The summed E-state index contributed by atoms with van der Waals surface area (Å²) in [4.78, 5) is 17.3. The van der Waals surface area contributed by atoms with Gasteiger partial charge < -0.3 is 10.0 Å². The molecule has 0 unspecified atom stereocenters. The fourth-order valence-electron chi connectivity index (χ4n) is 1.87. The molecule has 18 heavy (non-hydrogen) atoms. The molecule has 1 aromatic rings. The minimum Gasteiger partial charge on any atom is -0.465 e. The number of carbonyl (C=O) groups is 1. The van der Waals surface area contributed by atoms with Crippen LogP contribution in [-0.2, 0) is 0 Å². The van der Waals surface area contributed by atoms with Gasteiger partial charge in [-0.3, -0.25) is 0 Å². The van der Waals surface area contributed by atoms with E-state index in [1.165, 1.54) is 4.90 Å². The molecule has 1 aliphatic heterocycles. The van der Waals surface area contributed by atoms with Gasteiger partial charge in [0, 0.05) is 29.4 Å². The molecule has 2 rings (SSSR count). The number of hydrogen-bond donors (Lipinski definition) is 1. The van der Waals surface area contributed by atoms with E-state index in [0.29, 0.717) is 24.0 Å². The standard InChI is InChI=1S/C12H13N3O2S/c13-7-9-1-2-11(8-14-9)18-10-3-5-15(6-4-10)12(16)17/h1-2,8,10H,3-6H2,(H,16,17). The molecule has 0 bridgehead atoms. The first-order valence-electron chi connectivity index (χ1n) is 5.69. The lowest BCUT2D eigenvalue weighted by Gasteiger charge is -2.29. The minimum atomic E-state index is -0.835. The third-order valence-electron chi connectivity index (χ3n) is 2.87. The average Bonchev–Trinajstić information content (AvgIpc) is 2.40. The van der Waals surface area contributed by atoms with Crippen molar-refractivity contribution in [2.24, 2.45) is 0 Å². The van der Waals surface area contributed by atoms with Gasteiger partial charge in [-0.15, -0.1) is 11.8 Å². The summed E-state index contributed by atoms with van der Waals surface area (Å²) in [7, 11) is 0. The monoisotopic (exact) mass is 263 g/mol. The van der Waals surface area contributed by atoms with Crippen LogP contribution >= 0.6 is 11.8 Å². The summed E-state index contributed by atoms with van der Waals surface area (Å²) >= 11 is 1.71. The van der Waals surface area contributed by atoms with Crippen molar-refractivity contribution in [3.8, 4) is 6.07 Å². The Kier molecular flexibility index (Phi) is 4.05. The average molecular weight is 263 g/mol. The van der Waals surface area contributed by atoms with Gasteiger partial charge in [0.05, 0.1) is 0 Å². The number of carboxylic acid groups (broad SMARTS) is 1. The normalized spacial score (nSPS) is 16.3. The Morgan fingerprint density at radius 1 is 1.50 bits per heavy atom. The van der Waals surface area contributed by atoms with Crippen LogP contribution in [0.4, 0.5) is 4.79 Å². The molecule has 2 heterocycles. The summed E-state index contributed by atoms with van der Waals surface area (Å²) in [5.74, 6) is 0. The topological polar surface area (TPSA) is 77.2 Å². The molecule has 1 aromatic heterocycles. The molecule has 1 N–H and O–H groups in total. The Labute approximate surface area is 109 Å². The first-order valence-corrected chi connectivity index (χ1v) is 6.57. The van der Waals surface area contributed by atoms with Crippen LogP contribution in [0.25, 0.3) is 0 Å². The van der Waals surface area contributed by atoms with E-state index in [4.69, 9.17) is 10.4 Å². The van der Waals surface area contributed by atoms with Crippen LogP contribution in [0.5, 0.6) is 0 Å². The van der Waals surface area contributed by atoms with Gasteiger partial charge in [0.15, 0.2) is 0 Å². The van der Waals surface area contributed by atoms with Gasteiger partial charge in [-0.2, -0.15) is 5.26 Å². The molecule has 0 aromatic carbocycles. The van der Waals surface area contributed by atoms with E-state index >= 15 is 0 Å². The highest BCUT2D eigenvalue weighted by Gasteiger charge is 2.22. The molecular formula is C12H13N3O2S. The van der Waals surface area contributed by atoms with Crippen LogP contribution in [0.2, 0.25) is 0 Å². The summed E-state index contributed by atoms with van der Waals surface area (Å²) in [6, 6.07) is 5.58. The maximum atomic E-state index is 10.8. The molecule has 1 amide bonds. The Hall–Kier alpha value is -1.74. The van der Waals surface area contributed by atoms with Gasteiger partial charge in [-0.05, 0) is 25.0 Å². The molecule has 0 saturated carbocycles. The maximum absolute atomic E-state index is 10.8. The predicted octanol–water partition coefficient (Wildman–Crippen LogP) is 2.19. The fourth-order valence-corrected chi connectivity index (χ4v) is 2.97. The van der Waals surface area contributed by atoms with E-state index in [9.17, 15) is 4.79 Å². The third-order valence-corrected chi connectivity index (χ3v) is 4.18. The second-order valence-electron chi connectivity index (χ2n) is 4.08. The fraction of sp³-hybridized carbons (Fsp3) is 0.417. The first kappa shape index (κ1) is 12.7. The van der Waals surface area contributed by atoms with Gasteiger partial charge in [-0.25, -0.2) is 9.78 Å². The number of nitrogens with zero attached hydrogens (tertiary/aromatic N) is 3. The molecule has 1 aliphatic rings. The smallest absolute Gasteiger partial charge is 0.407 e. The number of amides is 1. The van der Waals surface area contributed by atoms with Crippen molar-refractivity contribution in [2.45, 2.75) is 23.0 Å². The number of likely N-dealkylation sites (tertiary alicyclic amines) is 1. The van der Waals surface area contributed by atoms with Crippen molar-refractivity contribution in [1.82, 2.24) is 9.88 Å². The summed E-state index contributed by atoms with van der Waals surface area (Å²) in [6.45, 7) is 1.19. The summed E-state index contributed by atoms with van der Waals surface area (Å²) in [5.41, 5.74) is 0.417. The lowest BCUT2D eigenvalue weighted by atomic mass is 10.1. The summed E-state index contributed by atoms with van der Waals surface area (Å²) in [5, 5.41) is 17.9. The number of aromatic nitrogens is 1. The van der Waals surface area contributed by atoms with Crippen molar-refractivity contribution < 1.29 is 9.90 Å². The number of thioether (sulfide) groups is 1. The molecule has 0 atom stereocenters. The number of piperidine rings is 1. The van der Waals surface area contributed by atoms with Crippen molar-refractivity contribution in [3.05, 3.63) is 24.0 Å². The predicted molar refractivity (Wildman–Crippen MR) is 67.4 cm³/mol. The number of hydrogen-bond acceptors (Lipinski definition) is 4. The van der Waals surface area contributed by atoms with Gasteiger partial charge in [0.1, 0.15) is 11.8 Å². The lowest BCUT2D eigenvalue weighted by molar-refractivity contribution is 0.136. The maximum Gasteiger partial charge on any atom is 0.407 e. The molecule has 5 nitrogen and oxygen atoms in total. The van der Waals surface area contributed by atoms with Crippen molar-refractivity contribution >= 4 is 17.9 Å². The van der Waals surface area contributed by atoms with Gasteiger partial charge in [0.25, 0.3) is 0 Å². The van der Waals surface area contributed by atoms with Gasteiger partial charge in [0.2, 0.25) is 0 Å². The van der Waals surface area contributed by atoms with Crippen LogP contribution in [-0.4, -0.2) is 39.4 Å². The molecule has 0 spiro atoms. The van der Waals surface area contributed by atoms with Crippen LogP contribution in [0.1, 0.15) is 18.5 Å². The van der Waals surface area contributed by atoms with E-state index in [1.54, 1.807) is 24.0 Å². The number of pyridine rings is 1. The minimum absolute atomic E-state index is 0.417. The number of rotatable bonds is 2. The van der Waals surface area contributed by atoms with Crippen LogP contribution in [0.15, 0.2) is 23.2 Å². The lowest BCUT2D eigenvalue weighted by Crippen LogP contribution is -2.38. The van der Waals surface area contributed by atoms with E-state index in [0.717, 1.165) is 17.7 Å². The highest BCUT2D eigenvalue weighted by molar-refractivity contribution is 8.00. The Bertz CT molecular complexity index is 461. The Morgan fingerprint density at radius 2 is 2.22 bits per heavy atom.